The Bertz CT molecular complexity index is 1080. The number of nitrogens with one attached hydrogen (secondary N) is 2. The van der Waals surface area contributed by atoms with Crippen LogP contribution >= 0.6 is 24.8 Å². The average molecular weight is 528 g/mol. The fourth-order valence-electron chi connectivity index (χ4n) is 3.95. The van der Waals surface area contributed by atoms with E-state index in [-0.39, 0.29) is 24.8 Å². The van der Waals surface area contributed by atoms with Crippen LogP contribution in [0, 0.1) is 6.92 Å². The topological polar surface area (TPSA) is 102 Å². The average Bonchev–Trinajstić information content (AvgIpc) is 3.15. The van der Waals surface area contributed by atoms with Crippen molar-refractivity contribution in [2.24, 2.45) is 0 Å². The van der Waals surface area contributed by atoms with Gasteiger partial charge in [0.15, 0.2) is 5.82 Å². The first kappa shape index (κ1) is 29.0. The van der Waals surface area contributed by atoms with E-state index in [4.69, 9.17) is 24.5 Å². The van der Waals surface area contributed by atoms with Gasteiger partial charge in [0.1, 0.15) is 22.5 Å². The number of piperazine rings is 1. The van der Waals surface area contributed by atoms with Crippen LogP contribution in [0.3, 0.4) is 0 Å². The summed E-state index contributed by atoms with van der Waals surface area (Å²) >= 11 is 0. The Kier molecular flexibility index (Phi) is 11.4. The number of aromatic nitrogens is 5. The minimum atomic E-state index is 0. The second-order valence-corrected chi connectivity index (χ2v) is 8.22. The van der Waals surface area contributed by atoms with Crippen LogP contribution in [0.1, 0.15) is 32.0 Å². The summed E-state index contributed by atoms with van der Waals surface area (Å²) in [5.74, 6) is 2.11. The summed E-state index contributed by atoms with van der Waals surface area (Å²) in [6.45, 7) is 13.6. The molecule has 4 rings (SSSR count). The summed E-state index contributed by atoms with van der Waals surface area (Å²) in [5, 5.41) is 11.7. The molecule has 0 radical (unpaired) electrons. The molecule has 10 nitrogen and oxygen atoms in total. The summed E-state index contributed by atoms with van der Waals surface area (Å²) in [4.78, 5) is 16.6. The molecule has 1 fully saturated rings. The van der Waals surface area contributed by atoms with Gasteiger partial charge in [0.25, 0.3) is 0 Å². The van der Waals surface area contributed by atoms with Crippen molar-refractivity contribution in [3.8, 4) is 0 Å². The fraction of sp³-hybridized carbons (Fsp3) is 0.565. The van der Waals surface area contributed by atoms with Gasteiger partial charge in [-0.05, 0) is 45.4 Å². The van der Waals surface area contributed by atoms with E-state index in [0.717, 1.165) is 47.7 Å². The molecule has 1 aliphatic heterocycles. The van der Waals surface area contributed by atoms with E-state index < -0.39 is 0 Å². The maximum absolute atomic E-state index is 5.72. The number of aryl methyl sites for hydroxylation is 1. The molecule has 4 heterocycles. The SMILES string of the molecule is CCOCCn1nc(COCC)c2nc(N3CCN[C@H](C)C3)nc(Nc3cc(C)ccn3)c21.Cl.Cl. The predicted molar refractivity (Wildman–Crippen MR) is 144 cm³/mol. The Morgan fingerprint density at radius 2 is 1.97 bits per heavy atom. The molecular formula is C23H36Cl2N8O2. The Labute approximate surface area is 219 Å². The predicted octanol–water partition coefficient (Wildman–Crippen LogP) is 3.49. The zero-order chi connectivity index (χ0) is 23.2. The summed E-state index contributed by atoms with van der Waals surface area (Å²) < 4.78 is 13.2. The second-order valence-electron chi connectivity index (χ2n) is 8.22. The number of anilines is 3. The molecule has 0 bridgehead atoms. The third kappa shape index (κ3) is 7.14. The van der Waals surface area contributed by atoms with Crippen molar-refractivity contribution < 1.29 is 9.47 Å². The molecule has 1 saturated heterocycles. The van der Waals surface area contributed by atoms with Gasteiger partial charge >= 0.3 is 0 Å². The van der Waals surface area contributed by atoms with Crippen LogP contribution < -0.4 is 15.5 Å². The van der Waals surface area contributed by atoms with Gasteiger partial charge in [0.2, 0.25) is 5.95 Å². The standard InChI is InChI=1S/C23H34N8O2.2ClH/c1-5-32-12-11-31-21-20(18(29-31)15-33-6-2)27-23(30-10-9-24-17(4)14-30)28-22(21)26-19-13-16(3)7-8-25-19;;/h7-8,13,17,24H,5-6,9-12,14-15H2,1-4H3,(H,25,26,27,28);2*1H/t17-;;/m1../s1. The van der Waals surface area contributed by atoms with Gasteiger partial charge in [-0.15, -0.1) is 24.8 Å². The molecule has 12 heteroatoms. The van der Waals surface area contributed by atoms with Gasteiger partial charge in [-0.2, -0.15) is 10.1 Å². The van der Waals surface area contributed by atoms with Crippen LogP contribution in [0.2, 0.25) is 0 Å². The van der Waals surface area contributed by atoms with E-state index in [1.165, 1.54) is 0 Å². The highest BCUT2D eigenvalue weighted by atomic mass is 35.5. The zero-order valence-electron chi connectivity index (χ0n) is 20.8. The van der Waals surface area contributed by atoms with E-state index in [0.29, 0.717) is 50.8 Å². The number of hydrogen-bond acceptors (Lipinski definition) is 9. The van der Waals surface area contributed by atoms with Crippen molar-refractivity contribution in [3.05, 3.63) is 29.6 Å². The molecule has 0 aliphatic carbocycles. The largest absolute Gasteiger partial charge is 0.380 e. The maximum Gasteiger partial charge on any atom is 0.228 e. The summed E-state index contributed by atoms with van der Waals surface area (Å²) in [7, 11) is 0. The second kappa shape index (κ2) is 13.7. The molecule has 194 valence electrons. The van der Waals surface area contributed by atoms with Crippen LogP contribution in [0.5, 0.6) is 0 Å². The van der Waals surface area contributed by atoms with Crippen molar-refractivity contribution in [2.75, 3.05) is 49.7 Å². The van der Waals surface area contributed by atoms with Crippen LogP contribution in [0.4, 0.5) is 17.6 Å². The number of hydrogen-bond donors (Lipinski definition) is 2. The lowest BCUT2D eigenvalue weighted by Crippen LogP contribution is -2.49. The van der Waals surface area contributed by atoms with E-state index >= 15 is 0 Å². The van der Waals surface area contributed by atoms with Crippen molar-refractivity contribution in [2.45, 2.75) is 46.9 Å². The third-order valence-electron chi connectivity index (χ3n) is 5.55. The highest BCUT2D eigenvalue weighted by Crippen LogP contribution is 2.29. The quantitative estimate of drug-likeness (QED) is 0.384. The lowest BCUT2D eigenvalue weighted by Gasteiger charge is -2.32. The lowest BCUT2D eigenvalue weighted by atomic mass is 10.2. The van der Waals surface area contributed by atoms with Crippen LogP contribution in [-0.2, 0) is 22.6 Å². The Morgan fingerprint density at radius 3 is 2.69 bits per heavy atom. The van der Waals surface area contributed by atoms with Gasteiger partial charge in [0.05, 0.1) is 19.8 Å². The first-order valence-corrected chi connectivity index (χ1v) is 11.7. The lowest BCUT2D eigenvalue weighted by molar-refractivity contribution is 0.128. The molecule has 1 aliphatic rings. The minimum Gasteiger partial charge on any atom is -0.380 e. The highest BCUT2D eigenvalue weighted by molar-refractivity contribution is 5.90. The van der Waals surface area contributed by atoms with Crippen molar-refractivity contribution in [3.63, 3.8) is 0 Å². The zero-order valence-corrected chi connectivity index (χ0v) is 22.4. The number of rotatable bonds is 10. The molecule has 3 aromatic rings. The van der Waals surface area contributed by atoms with Gasteiger partial charge in [-0.3, -0.25) is 4.68 Å². The Balaban J connectivity index is 0.00000216. The number of fused-ring (bicyclic) bond motifs is 1. The first-order chi connectivity index (χ1) is 16.1. The fourth-order valence-corrected chi connectivity index (χ4v) is 3.95. The van der Waals surface area contributed by atoms with Crippen molar-refractivity contribution >= 4 is 53.4 Å². The molecule has 35 heavy (non-hydrogen) atoms. The molecular weight excluding hydrogens is 491 g/mol. The van der Waals surface area contributed by atoms with Gasteiger partial charge in [-0.25, -0.2) is 9.97 Å². The first-order valence-electron chi connectivity index (χ1n) is 11.7. The van der Waals surface area contributed by atoms with Crippen molar-refractivity contribution in [1.82, 2.24) is 30.0 Å². The molecule has 0 unspecified atom stereocenters. The molecule has 0 aromatic carbocycles. The third-order valence-corrected chi connectivity index (χ3v) is 5.55. The van der Waals surface area contributed by atoms with Crippen LogP contribution in [-0.4, -0.2) is 70.2 Å². The molecule has 0 amide bonds. The van der Waals surface area contributed by atoms with Crippen molar-refractivity contribution in [1.29, 1.82) is 0 Å². The summed E-state index contributed by atoms with van der Waals surface area (Å²) in [5.41, 5.74) is 3.55. The number of nitrogens with zero attached hydrogens (tertiary/aromatic N) is 6. The molecule has 0 spiro atoms. The number of ether oxygens (including phenoxy) is 2. The number of pyridine rings is 1. The highest BCUT2D eigenvalue weighted by Gasteiger charge is 2.24. The van der Waals surface area contributed by atoms with E-state index in [1.54, 1.807) is 6.20 Å². The van der Waals surface area contributed by atoms with E-state index in [2.05, 4.69) is 27.4 Å². The maximum atomic E-state index is 5.72. The minimum absolute atomic E-state index is 0. The summed E-state index contributed by atoms with van der Waals surface area (Å²) in [6.07, 6.45) is 1.79. The molecule has 2 N–H and O–H groups in total. The van der Waals surface area contributed by atoms with Crippen LogP contribution in [0.15, 0.2) is 18.3 Å². The van der Waals surface area contributed by atoms with Gasteiger partial charge < -0.3 is 25.0 Å². The van der Waals surface area contributed by atoms with Crippen LogP contribution in [0.25, 0.3) is 11.0 Å². The smallest absolute Gasteiger partial charge is 0.228 e. The van der Waals surface area contributed by atoms with Gasteiger partial charge in [-0.1, -0.05) is 0 Å². The van der Waals surface area contributed by atoms with E-state index in [9.17, 15) is 0 Å². The summed E-state index contributed by atoms with van der Waals surface area (Å²) in [6, 6.07) is 4.34. The molecule has 3 aromatic heterocycles. The number of halogens is 2. The normalized spacial score (nSPS) is 15.5. The molecule has 1 atom stereocenters. The van der Waals surface area contributed by atoms with Gasteiger partial charge in [0, 0.05) is 45.1 Å². The monoisotopic (exact) mass is 526 g/mol. The Morgan fingerprint density at radius 1 is 1.17 bits per heavy atom. The molecule has 0 saturated carbocycles. The van der Waals surface area contributed by atoms with E-state index in [1.807, 2.05) is 37.6 Å². The Hall–Kier alpha value is -2.24.